The van der Waals surface area contributed by atoms with Crippen molar-refractivity contribution in [3.05, 3.63) is 42.7 Å². The van der Waals surface area contributed by atoms with Crippen molar-refractivity contribution in [2.75, 3.05) is 6.54 Å². The van der Waals surface area contributed by atoms with Crippen LogP contribution < -0.4 is 5.32 Å². The van der Waals surface area contributed by atoms with Crippen LogP contribution in [0.25, 0.3) is 0 Å². The lowest BCUT2D eigenvalue weighted by atomic mass is 10.00. The lowest BCUT2D eigenvalue weighted by Gasteiger charge is -2.33. The molecule has 118 valence electrons. The lowest BCUT2D eigenvalue weighted by molar-refractivity contribution is -0.127. The number of hydrogen-bond acceptors (Lipinski definition) is 3. The van der Waals surface area contributed by atoms with E-state index in [0.29, 0.717) is 12.1 Å². The summed E-state index contributed by atoms with van der Waals surface area (Å²) in [5, 5.41) is 2.82. The molecule has 1 aliphatic rings. The molecule has 5 heteroatoms. The predicted molar refractivity (Wildman–Crippen MR) is 85.3 cm³/mol. The molecule has 0 saturated heterocycles. The fourth-order valence-electron chi connectivity index (χ4n) is 2.54. The van der Waals surface area contributed by atoms with Crippen molar-refractivity contribution >= 4 is 11.8 Å². The number of carbonyl (C=O) groups is 2. The Labute approximate surface area is 131 Å². The predicted octanol–water partition coefficient (Wildman–Crippen LogP) is 2.01. The minimum atomic E-state index is -0.465. The first kappa shape index (κ1) is 16.2. The summed E-state index contributed by atoms with van der Waals surface area (Å²) >= 11 is 0. The van der Waals surface area contributed by atoms with Gasteiger partial charge in [-0.3, -0.25) is 14.6 Å². The van der Waals surface area contributed by atoms with E-state index in [4.69, 9.17) is 0 Å². The van der Waals surface area contributed by atoms with E-state index >= 15 is 0 Å². The number of amides is 2. The standard InChI is InChI=1S/C17H23N3O2/c1-4-9-19-16(21)15(12(2)3)20(14-5-6-14)17(22)13-7-10-18-11-8-13/h4,7-8,10-12,14-15H,1,5-6,9H2,2-3H3,(H,19,21). The average molecular weight is 301 g/mol. The Bertz CT molecular complexity index is 538. The highest BCUT2D eigenvalue weighted by Gasteiger charge is 2.41. The first-order valence-electron chi connectivity index (χ1n) is 7.67. The topological polar surface area (TPSA) is 62.3 Å². The van der Waals surface area contributed by atoms with Crippen LogP contribution in [0.1, 0.15) is 37.0 Å². The molecule has 0 aliphatic heterocycles. The number of aromatic nitrogens is 1. The van der Waals surface area contributed by atoms with Gasteiger partial charge in [-0.25, -0.2) is 0 Å². The zero-order valence-electron chi connectivity index (χ0n) is 13.2. The van der Waals surface area contributed by atoms with Gasteiger partial charge in [-0.2, -0.15) is 0 Å². The number of pyridine rings is 1. The van der Waals surface area contributed by atoms with Gasteiger partial charge in [-0.1, -0.05) is 19.9 Å². The van der Waals surface area contributed by atoms with Crippen molar-refractivity contribution < 1.29 is 9.59 Å². The molecule has 0 spiro atoms. The maximum absolute atomic E-state index is 12.8. The normalized spacial score (nSPS) is 15.2. The van der Waals surface area contributed by atoms with E-state index in [0.717, 1.165) is 12.8 Å². The van der Waals surface area contributed by atoms with Crippen LogP contribution in [-0.4, -0.2) is 40.3 Å². The smallest absolute Gasteiger partial charge is 0.254 e. The summed E-state index contributed by atoms with van der Waals surface area (Å²) in [6.45, 7) is 7.95. The number of nitrogens with one attached hydrogen (secondary N) is 1. The van der Waals surface area contributed by atoms with Gasteiger partial charge in [0, 0.05) is 30.5 Å². The van der Waals surface area contributed by atoms with Gasteiger partial charge in [0.05, 0.1) is 0 Å². The Kier molecular flexibility index (Phi) is 5.31. The van der Waals surface area contributed by atoms with Crippen LogP contribution in [0.5, 0.6) is 0 Å². The molecular weight excluding hydrogens is 278 g/mol. The number of nitrogens with zero attached hydrogens (tertiary/aromatic N) is 2. The van der Waals surface area contributed by atoms with Gasteiger partial charge in [0.25, 0.3) is 5.91 Å². The summed E-state index contributed by atoms with van der Waals surface area (Å²) in [5.74, 6) is -0.183. The molecule has 5 nitrogen and oxygen atoms in total. The highest BCUT2D eigenvalue weighted by Crippen LogP contribution is 2.32. The van der Waals surface area contributed by atoms with Crippen molar-refractivity contribution in [2.24, 2.45) is 5.92 Å². The molecule has 0 aromatic carbocycles. The third-order valence-corrected chi connectivity index (χ3v) is 3.72. The summed E-state index contributed by atoms with van der Waals surface area (Å²) in [6, 6.07) is 3.07. The minimum absolute atomic E-state index is 0.0382. The van der Waals surface area contributed by atoms with Crippen molar-refractivity contribution in [2.45, 2.75) is 38.8 Å². The van der Waals surface area contributed by atoms with Crippen molar-refractivity contribution in [1.29, 1.82) is 0 Å². The Hall–Kier alpha value is -2.17. The second-order valence-electron chi connectivity index (χ2n) is 5.90. The Morgan fingerprint density at radius 2 is 2.05 bits per heavy atom. The third-order valence-electron chi connectivity index (χ3n) is 3.72. The van der Waals surface area contributed by atoms with Gasteiger partial charge in [0.2, 0.25) is 5.91 Å². The van der Waals surface area contributed by atoms with Crippen LogP contribution in [0.3, 0.4) is 0 Å². The summed E-state index contributed by atoms with van der Waals surface area (Å²) in [5.41, 5.74) is 0.573. The molecule has 2 rings (SSSR count). The van der Waals surface area contributed by atoms with E-state index in [-0.39, 0.29) is 23.8 Å². The first-order chi connectivity index (χ1) is 10.6. The van der Waals surface area contributed by atoms with Crippen LogP contribution in [-0.2, 0) is 4.79 Å². The van der Waals surface area contributed by atoms with Gasteiger partial charge in [-0.15, -0.1) is 6.58 Å². The molecule has 1 unspecified atom stereocenters. The SMILES string of the molecule is C=CCNC(=O)C(C(C)C)N(C(=O)c1ccncc1)C1CC1. The van der Waals surface area contributed by atoms with Crippen molar-refractivity contribution in [3.8, 4) is 0 Å². The molecule has 1 N–H and O–H groups in total. The van der Waals surface area contributed by atoms with E-state index in [1.54, 1.807) is 35.5 Å². The number of hydrogen-bond donors (Lipinski definition) is 1. The van der Waals surface area contributed by atoms with E-state index in [1.807, 2.05) is 13.8 Å². The van der Waals surface area contributed by atoms with Gasteiger partial charge < -0.3 is 10.2 Å². The highest BCUT2D eigenvalue weighted by atomic mass is 16.2. The summed E-state index contributed by atoms with van der Waals surface area (Å²) in [6.07, 6.45) is 6.74. The van der Waals surface area contributed by atoms with Gasteiger partial charge >= 0.3 is 0 Å². The molecule has 1 aliphatic carbocycles. The zero-order chi connectivity index (χ0) is 16.1. The third kappa shape index (κ3) is 3.72. The fraction of sp³-hybridized carbons (Fsp3) is 0.471. The van der Waals surface area contributed by atoms with Crippen LogP contribution >= 0.6 is 0 Å². The minimum Gasteiger partial charge on any atom is -0.351 e. The summed E-state index contributed by atoms with van der Waals surface area (Å²) in [7, 11) is 0. The Balaban J connectivity index is 2.25. The molecule has 1 aromatic heterocycles. The maximum Gasteiger partial charge on any atom is 0.254 e. The zero-order valence-corrected chi connectivity index (χ0v) is 13.2. The molecule has 1 atom stereocenters. The molecule has 0 radical (unpaired) electrons. The van der Waals surface area contributed by atoms with Gasteiger partial charge in [0.1, 0.15) is 6.04 Å². The van der Waals surface area contributed by atoms with E-state index in [2.05, 4.69) is 16.9 Å². The molecule has 1 fully saturated rings. The summed E-state index contributed by atoms with van der Waals surface area (Å²) in [4.78, 5) is 31.0. The van der Waals surface area contributed by atoms with Gasteiger partial charge in [-0.05, 0) is 30.9 Å². The van der Waals surface area contributed by atoms with Crippen LogP contribution in [0.2, 0.25) is 0 Å². The molecule has 0 bridgehead atoms. The molecule has 2 amide bonds. The highest BCUT2D eigenvalue weighted by molar-refractivity contribution is 5.98. The second kappa shape index (κ2) is 7.20. The van der Waals surface area contributed by atoms with Crippen LogP contribution in [0, 0.1) is 5.92 Å². The average Bonchev–Trinajstić information content (AvgIpc) is 3.34. The monoisotopic (exact) mass is 301 g/mol. The molecule has 22 heavy (non-hydrogen) atoms. The van der Waals surface area contributed by atoms with Crippen molar-refractivity contribution in [3.63, 3.8) is 0 Å². The Morgan fingerprint density at radius 1 is 1.41 bits per heavy atom. The molecular formula is C17H23N3O2. The lowest BCUT2D eigenvalue weighted by Crippen LogP contribution is -2.53. The molecule has 1 saturated carbocycles. The molecule has 1 heterocycles. The maximum atomic E-state index is 12.8. The van der Waals surface area contributed by atoms with E-state index in [9.17, 15) is 9.59 Å². The van der Waals surface area contributed by atoms with Crippen LogP contribution in [0.4, 0.5) is 0 Å². The molecule has 1 aromatic rings. The van der Waals surface area contributed by atoms with E-state index in [1.165, 1.54) is 0 Å². The van der Waals surface area contributed by atoms with Crippen molar-refractivity contribution in [1.82, 2.24) is 15.2 Å². The van der Waals surface area contributed by atoms with E-state index < -0.39 is 6.04 Å². The quantitative estimate of drug-likeness (QED) is 0.784. The fourth-order valence-corrected chi connectivity index (χ4v) is 2.54. The first-order valence-corrected chi connectivity index (χ1v) is 7.67. The van der Waals surface area contributed by atoms with Crippen LogP contribution in [0.15, 0.2) is 37.2 Å². The number of carbonyl (C=O) groups excluding carboxylic acids is 2. The Morgan fingerprint density at radius 3 is 2.55 bits per heavy atom. The second-order valence-corrected chi connectivity index (χ2v) is 5.90. The summed E-state index contributed by atoms with van der Waals surface area (Å²) < 4.78 is 0. The number of rotatable bonds is 7. The largest absolute Gasteiger partial charge is 0.351 e. The van der Waals surface area contributed by atoms with Gasteiger partial charge in [0.15, 0.2) is 0 Å².